The lowest BCUT2D eigenvalue weighted by atomic mass is 10.2. The van der Waals surface area contributed by atoms with E-state index in [9.17, 15) is 0 Å². The Bertz CT molecular complexity index is 526. The van der Waals surface area contributed by atoms with E-state index in [1.54, 1.807) is 11.3 Å². The molecule has 0 aliphatic heterocycles. The minimum atomic E-state index is 0.242. The van der Waals surface area contributed by atoms with E-state index in [1.165, 1.54) is 4.88 Å². The second-order valence-electron chi connectivity index (χ2n) is 4.42. The van der Waals surface area contributed by atoms with Crippen molar-refractivity contribution in [1.82, 2.24) is 0 Å². The van der Waals surface area contributed by atoms with Crippen LogP contribution in [0.25, 0.3) is 0 Å². The van der Waals surface area contributed by atoms with Crippen LogP contribution in [-0.4, -0.2) is 6.10 Å². The molecule has 0 amide bonds. The molecule has 19 heavy (non-hydrogen) atoms. The average molecular weight is 296 g/mol. The Morgan fingerprint density at radius 1 is 1.32 bits per heavy atom. The molecule has 2 aromatic rings. The molecule has 1 heterocycles. The number of benzene rings is 1. The number of hydrogen-bond donors (Lipinski definition) is 1. The fourth-order valence-electron chi connectivity index (χ4n) is 1.63. The molecule has 0 spiro atoms. The first-order valence-corrected chi connectivity index (χ1v) is 7.61. The summed E-state index contributed by atoms with van der Waals surface area (Å²) in [6.07, 6.45) is 1.25. The minimum Gasteiger partial charge on any atom is -0.491 e. The predicted octanol–water partition coefficient (Wildman–Crippen LogP) is 5.19. The van der Waals surface area contributed by atoms with Crippen molar-refractivity contribution in [3.63, 3.8) is 0 Å². The molecule has 0 saturated carbocycles. The molecule has 1 N–H and O–H groups in total. The normalized spacial score (nSPS) is 12.2. The van der Waals surface area contributed by atoms with Crippen LogP contribution in [0.3, 0.4) is 0 Å². The van der Waals surface area contributed by atoms with Crippen LogP contribution in [0.1, 0.15) is 25.1 Å². The van der Waals surface area contributed by atoms with Crippen LogP contribution in [0, 0.1) is 0 Å². The number of nitrogens with one attached hydrogen (secondary N) is 1. The molecule has 0 fully saturated rings. The molecule has 2 nitrogen and oxygen atoms in total. The smallest absolute Gasteiger partial charge is 0.121 e. The van der Waals surface area contributed by atoms with Gasteiger partial charge < -0.3 is 10.1 Å². The second-order valence-corrected chi connectivity index (χ2v) is 6.22. The highest BCUT2D eigenvalue weighted by Gasteiger charge is 2.02. The average Bonchev–Trinajstić information content (AvgIpc) is 2.82. The molecular formula is C15H18ClNOS. The summed E-state index contributed by atoms with van der Waals surface area (Å²) in [6, 6.07) is 12.0. The molecule has 1 unspecified atom stereocenters. The van der Waals surface area contributed by atoms with Gasteiger partial charge in [0.1, 0.15) is 5.75 Å². The summed E-state index contributed by atoms with van der Waals surface area (Å²) in [7, 11) is 0. The van der Waals surface area contributed by atoms with Gasteiger partial charge in [-0.15, -0.1) is 11.3 Å². The fraction of sp³-hybridized carbons (Fsp3) is 0.333. The first-order chi connectivity index (χ1) is 9.17. The largest absolute Gasteiger partial charge is 0.491 e. The van der Waals surface area contributed by atoms with E-state index in [0.717, 1.165) is 28.7 Å². The van der Waals surface area contributed by atoms with Crippen molar-refractivity contribution in [3.05, 3.63) is 45.6 Å². The van der Waals surface area contributed by atoms with E-state index in [1.807, 2.05) is 36.4 Å². The van der Waals surface area contributed by atoms with Gasteiger partial charge in [0.2, 0.25) is 0 Å². The van der Waals surface area contributed by atoms with E-state index >= 15 is 0 Å². The molecule has 4 heteroatoms. The summed E-state index contributed by atoms with van der Waals surface area (Å²) in [6.45, 7) is 4.98. The molecule has 0 radical (unpaired) electrons. The van der Waals surface area contributed by atoms with Crippen LogP contribution in [0.5, 0.6) is 5.75 Å². The SMILES string of the molecule is CCC(C)Oc1cccc(NCc2ccc(Cl)s2)c1. The maximum Gasteiger partial charge on any atom is 0.121 e. The third kappa shape index (κ3) is 4.44. The fourth-order valence-corrected chi connectivity index (χ4v) is 2.66. The van der Waals surface area contributed by atoms with Crippen LogP contribution in [-0.2, 0) is 6.54 Å². The Morgan fingerprint density at radius 2 is 2.16 bits per heavy atom. The third-order valence-corrected chi connectivity index (χ3v) is 4.07. The van der Waals surface area contributed by atoms with Gasteiger partial charge in [-0.05, 0) is 37.6 Å². The quantitative estimate of drug-likeness (QED) is 0.792. The zero-order valence-corrected chi connectivity index (χ0v) is 12.7. The van der Waals surface area contributed by atoms with Gasteiger partial charge in [0.15, 0.2) is 0 Å². The highest BCUT2D eigenvalue weighted by Crippen LogP contribution is 2.24. The molecule has 1 aromatic heterocycles. The lowest BCUT2D eigenvalue weighted by Crippen LogP contribution is -2.09. The summed E-state index contributed by atoms with van der Waals surface area (Å²) in [5.74, 6) is 0.906. The first kappa shape index (κ1) is 14.2. The number of hydrogen-bond acceptors (Lipinski definition) is 3. The van der Waals surface area contributed by atoms with Crippen LogP contribution >= 0.6 is 22.9 Å². The highest BCUT2D eigenvalue weighted by atomic mass is 35.5. The van der Waals surface area contributed by atoms with Crippen molar-refractivity contribution in [2.75, 3.05) is 5.32 Å². The molecular weight excluding hydrogens is 278 g/mol. The van der Waals surface area contributed by atoms with Crippen molar-refractivity contribution < 1.29 is 4.74 Å². The van der Waals surface area contributed by atoms with Gasteiger partial charge in [-0.25, -0.2) is 0 Å². The molecule has 0 saturated heterocycles. The zero-order valence-electron chi connectivity index (χ0n) is 11.2. The van der Waals surface area contributed by atoms with E-state index in [-0.39, 0.29) is 6.10 Å². The monoisotopic (exact) mass is 295 g/mol. The second kappa shape index (κ2) is 6.83. The number of ether oxygens (including phenoxy) is 1. The van der Waals surface area contributed by atoms with E-state index in [4.69, 9.17) is 16.3 Å². The van der Waals surface area contributed by atoms with Crippen molar-refractivity contribution in [1.29, 1.82) is 0 Å². The Kier molecular flexibility index (Phi) is 5.11. The lowest BCUT2D eigenvalue weighted by Gasteiger charge is -2.13. The van der Waals surface area contributed by atoms with Gasteiger partial charge in [-0.2, -0.15) is 0 Å². The van der Waals surface area contributed by atoms with E-state index in [2.05, 4.69) is 19.2 Å². The summed E-state index contributed by atoms with van der Waals surface area (Å²) in [4.78, 5) is 1.22. The van der Waals surface area contributed by atoms with Crippen molar-refractivity contribution in [2.24, 2.45) is 0 Å². The maximum absolute atomic E-state index is 5.91. The molecule has 1 aromatic carbocycles. The molecule has 0 bridgehead atoms. The molecule has 0 aliphatic rings. The lowest BCUT2D eigenvalue weighted by molar-refractivity contribution is 0.217. The van der Waals surface area contributed by atoms with Crippen molar-refractivity contribution in [3.8, 4) is 5.75 Å². The first-order valence-electron chi connectivity index (χ1n) is 6.42. The highest BCUT2D eigenvalue weighted by molar-refractivity contribution is 7.16. The summed E-state index contributed by atoms with van der Waals surface area (Å²) >= 11 is 7.51. The number of halogens is 1. The number of anilines is 1. The topological polar surface area (TPSA) is 21.3 Å². The van der Waals surface area contributed by atoms with Crippen LogP contribution in [0.2, 0.25) is 4.34 Å². The molecule has 2 rings (SSSR count). The Morgan fingerprint density at radius 3 is 2.84 bits per heavy atom. The number of thiophene rings is 1. The van der Waals surface area contributed by atoms with Gasteiger partial charge in [0.05, 0.1) is 10.4 Å². The molecule has 102 valence electrons. The van der Waals surface area contributed by atoms with Crippen LogP contribution < -0.4 is 10.1 Å². The summed E-state index contributed by atoms with van der Waals surface area (Å²) < 4.78 is 6.63. The zero-order chi connectivity index (χ0) is 13.7. The van der Waals surface area contributed by atoms with Gasteiger partial charge in [-0.1, -0.05) is 24.6 Å². The third-order valence-electron chi connectivity index (χ3n) is 2.84. The summed E-state index contributed by atoms with van der Waals surface area (Å²) in [5, 5.41) is 3.38. The van der Waals surface area contributed by atoms with Gasteiger partial charge >= 0.3 is 0 Å². The number of rotatable bonds is 6. The van der Waals surface area contributed by atoms with Gasteiger partial charge in [0.25, 0.3) is 0 Å². The van der Waals surface area contributed by atoms with E-state index < -0.39 is 0 Å². The van der Waals surface area contributed by atoms with Crippen molar-refractivity contribution >= 4 is 28.6 Å². The maximum atomic E-state index is 5.91. The van der Waals surface area contributed by atoms with Crippen molar-refractivity contribution in [2.45, 2.75) is 32.9 Å². The van der Waals surface area contributed by atoms with Crippen LogP contribution in [0.15, 0.2) is 36.4 Å². The Labute approximate surface area is 123 Å². The standard InChI is InChI=1S/C15H18ClNOS/c1-3-11(2)18-13-6-4-5-12(9-13)17-10-14-7-8-15(16)19-14/h4-9,11,17H,3,10H2,1-2H3. The van der Waals surface area contributed by atoms with Gasteiger partial charge in [0, 0.05) is 23.2 Å². The van der Waals surface area contributed by atoms with Crippen LogP contribution in [0.4, 0.5) is 5.69 Å². The Balaban J connectivity index is 1.95. The van der Waals surface area contributed by atoms with Gasteiger partial charge in [-0.3, -0.25) is 0 Å². The molecule has 1 atom stereocenters. The minimum absolute atomic E-state index is 0.242. The Hall–Kier alpha value is -1.19. The van der Waals surface area contributed by atoms with E-state index in [0.29, 0.717) is 0 Å². The summed E-state index contributed by atoms with van der Waals surface area (Å²) in [5.41, 5.74) is 1.06. The predicted molar refractivity (Wildman–Crippen MR) is 83.5 cm³/mol. The molecule has 0 aliphatic carbocycles.